The van der Waals surface area contributed by atoms with Crippen molar-refractivity contribution in [2.24, 2.45) is 23.7 Å². The van der Waals surface area contributed by atoms with Crippen LogP contribution in [0.4, 0.5) is 5.69 Å². The molecule has 1 N–H and O–H groups in total. The summed E-state index contributed by atoms with van der Waals surface area (Å²) in [5.41, 5.74) is 0.515. The van der Waals surface area contributed by atoms with Gasteiger partial charge in [0.2, 0.25) is 11.8 Å². The van der Waals surface area contributed by atoms with Crippen LogP contribution in [0.5, 0.6) is 0 Å². The number of nitrogens with zero attached hydrogens (tertiary/aromatic N) is 1. The maximum absolute atomic E-state index is 12.5. The summed E-state index contributed by atoms with van der Waals surface area (Å²) in [5.74, 6) is -2.48. The van der Waals surface area contributed by atoms with Gasteiger partial charge in [-0.3, -0.25) is 24.1 Å². The molecular weight excluding hydrogens is 372 g/mol. The van der Waals surface area contributed by atoms with Crippen LogP contribution in [0.2, 0.25) is 5.02 Å². The number of fused-ring (bicyclic) bond motifs is 5. The van der Waals surface area contributed by atoms with E-state index in [9.17, 15) is 19.2 Å². The monoisotopic (exact) mass is 388 g/mol. The first-order valence-electron chi connectivity index (χ1n) is 8.68. The summed E-state index contributed by atoms with van der Waals surface area (Å²) in [6.07, 6.45) is 4.80. The second-order valence-corrected chi connectivity index (χ2v) is 7.41. The zero-order valence-corrected chi connectivity index (χ0v) is 15.0. The van der Waals surface area contributed by atoms with Crippen molar-refractivity contribution in [2.75, 3.05) is 18.5 Å². The lowest BCUT2D eigenvalue weighted by Crippen LogP contribution is -2.38. The molecule has 0 radical (unpaired) electrons. The minimum absolute atomic E-state index is 0.0858. The van der Waals surface area contributed by atoms with Gasteiger partial charge in [0, 0.05) is 10.7 Å². The van der Waals surface area contributed by atoms with Gasteiger partial charge in [-0.25, -0.2) is 0 Å². The van der Waals surface area contributed by atoms with Gasteiger partial charge < -0.3 is 10.1 Å². The van der Waals surface area contributed by atoms with Crippen LogP contribution in [0.3, 0.4) is 0 Å². The summed E-state index contributed by atoms with van der Waals surface area (Å²) in [6, 6.07) is 6.47. The van der Waals surface area contributed by atoms with Gasteiger partial charge in [-0.2, -0.15) is 0 Å². The zero-order valence-electron chi connectivity index (χ0n) is 14.3. The van der Waals surface area contributed by atoms with Gasteiger partial charge >= 0.3 is 5.97 Å². The predicted octanol–water partition coefficient (Wildman–Crippen LogP) is 1.63. The minimum atomic E-state index is -0.789. The molecule has 2 bridgehead atoms. The van der Waals surface area contributed by atoms with Gasteiger partial charge in [0.05, 0.1) is 11.8 Å². The molecule has 4 atom stereocenters. The molecule has 3 amide bonds. The number of amides is 3. The molecule has 2 fully saturated rings. The number of imide groups is 1. The Balaban J connectivity index is 1.28. The highest BCUT2D eigenvalue weighted by Gasteiger charge is 2.59. The van der Waals surface area contributed by atoms with E-state index in [2.05, 4.69) is 5.32 Å². The summed E-state index contributed by atoms with van der Waals surface area (Å²) >= 11 is 5.77. The van der Waals surface area contributed by atoms with Crippen LogP contribution in [0.25, 0.3) is 0 Å². The van der Waals surface area contributed by atoms with Crippen molar-refractivity contribution < 1.29 is 23.9 Å². The number of benzene rings is 1. The van der Waals surface area contributed by atoms with Gasteiger partial charge in [-0.15, -0.1) is 0 Å². The van der Waals surface area contributed by atoms with Gasteiger partial charge in [-0.1, -0.05) is 23.8 Å². The van der Waals surface area contributed by atoms with E-state index in [1.165, 1.54) is 0 Å². The van der Waals surface area contributed by atoms with Crippen LogP contribution in [-0.2, 0) is 23.9 Å². The number of hydrogen-bond donors (Lipinski definition) is 1. The van der Waals surface area contributed by atoms with Crippen molar-refractivity contribution in [3.8, 4) is 0 Å². The van der Waals surface area contributed by atoms with E-state index < -0.39 is 25.0 Å². The Morgan fingerprint density at radius 2 is 1.67 bits per heavy atom. The van der Waals surface area contributed by atoms with E-state index in [0.29, 0.717) is 10.7 Å². The van der Waals surface area contributed by atoms with Crippen molar-refractivity contribution in [2.45, 2.75) is 6.42 Å². The van der Waals surface area contributed by atoms with E-state index in [1.54, 1.807) is 24.3 Å². The molecule has 140 valence electrons. The number of allylic oxidation sites excluding steroid dienone is 2. The Bertz CT molecular complexity index is 820. The smallest absolute Gasteiger partial charge is 0.326 e. The van der Waals surface area contributed by atoms with Gasteiger partial charge in [0.1, 0.15) is 6.54 Å². The minimum Gasteiger partial charge on any atom is -0.454 e. The average Bonchev–Trinajstić information content (AvgIpc) is 3.32. The van der Waals surface area contributed by atoms with Gasteiger partial charge in [0.25, 0.3) is 5.91 Å². The molecule has 7 nitrogen and oxygen atoms in total. The summed E-state index contributed by atoms with van der Waals surface area (Å²) in [6.45, 7) is -0.963. The Hall–Kier alpha value is -2.67. The molecule has 0 unspecified atom stereocenters. The maximum Gasteiger partial charge on any atom is 0.326 e. The lowest BCUT2D eigenvalue weighted by atomic mass is 9.85. The lowest BCUT2D eigenvalue weighted by molar-refractivity contribution is -0.154. The molecule has 0 spiro atoms. The van der Waals surface area contributed by atoms with Crippen LogP contribution < -0.4 is 5.32 Å². The molecule has 8 heteroatoms. The van der Waals surface area contributed by atoms with E-state index in [1.807, 2.05) is 12.2 Å². The third kappa shape index (κ3) is 3.23. The quantitative estimate of drug-likeness (QED) is 0.470. The third-order valence-electron chi connectivity index (χ3n) is 5.34. The number of esters is 1. The topological polar surface area (TPSA) is 92.8 Å². The highest BCUT2D eigenvalue weighted by Crippen LogP contribution is 2.52. The van der Waals surface area contributed by atoms with Crippen molar-refractivity contribution in [3.63, 3.8) is 0 Å². The van der Waals surface area contributed by atoms with Gasteiger partial charge in [0.15, 0.2) is 6.61 Å². The molecular formula is C19H17ClN2O5. The number of carbonyl (C=O) groups excluding carboxylic acids is 4. The lowest BCUT2D eigenvalue weighted by Gasteiger charge is -2.16. The van der Waals surface area contributed by atoms with Crippen LogP contribution in [0.1, 0.15) is 6.42 Å². The van der Waals surface area contributed by atoms with E-state index in [-0.39, 0.29) is 35.5 Å². The highest BCUT2D eigenvalue weighted by atomic mass is 35.5. The Morgan fingerprint density at radius 1 is 1.07 bits per heavy atom. The zero-order chi connectivity index (χ0) is 19.1. The highest BCUT2D eigenvalue weighted by molar-refractivity contribution is 6.30. The molecule has 1 heterocycles. The van der Waals surface area contributed by atoms with Crippen LogP contribution in [0, 0.1) is 23.7 Å². The SMILES string of the molecule is O=C(COC(=O)CN1C(=O)[C@@H]2[C@H](C1=O)[C@H]1C=C[C@H]2C1)Nc1ccc(Cl)cc1. The average molecular weight is 389 g/mol. The maximum atomic E-state index is 12.5. The Kier molecular flexibility index (Phi) is 4.47. The number of halogens is 1. The van der Waals surface area contributed by atoms with Crippen molar-refractivity contribution in [3.05, 3.63) is 41.4 Å². The molecule has 1 aromatic rings. The molecule has 4 rings (SSSR count). The molecule has 1 aliphatic heterocycles. The second-order valence-electron chi connectivity index (χ2n) is 6.98. The molecule has 2 aliphatic carbocycles. The Labute approximate surface area is 160 Å². The number of anilines is 1. The first-order chi connectivity index (χ1) is 12.9. The summed E-state index contributed by atoms with van der Waals surface area (Å²) in [5, 5.41) is 3.09. The molecule has 3 aliphatic rings. The van der Waals surface area contributed by atoms with Crippen LogP contribution in [-0.4, -0.2) is 41.7 Å². The number of nitrogens with one attached hydrogen (secondary N) is 1. The van der Waals surface area contributed by atoms with E-state index in [0.717, 1.165) is 11.3 Å². The number of hydrogen-bond acceptors (Lipinski definition) is 5. The number of likely N-dealkylation sites (tertiary alicyclic amines) is 1. The van der Waals surface area contributed by atoms with Crippen LogP contribution in [0.15, 0.2) is 36.4 Å². The summed E-state index contributed by atoms with van der Waals surface area (Å²) < 4.78 is 4.91. The fraction of sp³-hybridized carbons (Fsp3) is 0.368. The van der Waals surface area contributed by atoms with E-state index >= 15 is 0 Å². The molecule has 1 aromatic carbocycles. The molecule has 27 heavy (non-hydrogen) atoms. The van der Waals surface area contributed by atoms with Gasteiger partial charge in [-0.05, 0) is 42.5 Å². The normalized spacial score (nSPS) is 27.8. The Morgan fingerprint density at radius 3 is 2.26 bits per heavy atom. The largest absolute Gasteiger partial charge is 0.454 e. The van der Waals surface area contributed by atoms with Crippen molar-refractivity contribution in [1.29, 1.82) is 0 Å². The third-order valence-corrected chi connectivity index (χ3v) is 5.59. The van der Waals surface area contributed by atoms with Crippen molar-refractivity contribution in [1.82, 2.24) is 4.90 Å². The second kappa shape index (κ2) is 6.81. The fourth-order valence-corrected chi connectivity index (χ4v) is 4.30. The number of ether oxygens (including phenoxy) is 1. The first-order valence-corrected chi connectivity index (χ1v) is 9.06. The number of rotatable bonds is 5. The number of carbonyl (C=O) groups is 4. The summed E-state index contributed by atoms with van der Waals surface area (Å²) in [4.78, 5) is 49.8. The molecule has 1 saturated carbocycles. The predicted molar refractivity (Wildman–Crippen MR) is 95.5 cm³/mol. The standard InChI is InChI=1S/C19H17ClN2O5/c20-12-3-5-13(6-4-12)21-14(23)9-27-15(24)8-22-18(25)16-10-1-2-11(7-10)17(16)19(22)26/h1-6,10-11,16-17H,7-9H2,(H,21,23)/t10-,11-,16-,17+/m0/s1. The van der Waals surface area contributed by atoms with Crippen LogP contribution >= 0.6 is 11.6 Å². The fourth-order valence-electron chi connectivity index (χ4n) is 4.17. The van der Waals surface area contributed by atoms with E-state index in [4.69, 9.17) is 16.3 Å². The van der Waals surface area contributed by atoms with Crippen molar-refractivity contribution >= 4 is 41.0 Å². The summed E-state index contributed by atoms with van der Waals surface area (Å²) in [7, 11) is 0. The molecule has 0 aromatic heterocycles. The first kappa shape index (κ1) is 17.7. The molecule has 1 saturated heterocycles.